The van der Waals surface area contributed by atoms with Crippen molar-refractivity contribution in [3.63, 3.8) is 0 Å². The maximum atomic E-state index is 10.3. The van der Waals surface area contributed by atoms with Gasteiger partial charge in [-0.15, -0.1) is 0 Å². The molecule has 4 N–H and O–H groups in total. The molecule has 0 rings (SSSR count). The molecule has 0 aliphatic rings. The van der Waals surface area contributed by atoms with Crippen molar-refractivity contribution in [3.8, 4) is 0 Å². The molecular formula is C18H45Ca3O6PZn. The van der Waals surface area contributed by atoms with Crippen LogP contribution in [0.1, 0.15) is 118 Å². The third kappa shape index (κ3) is 65.3. The molecule has 0 aliphatic carbocycles. The second kappa shape index (κ2) is 36.5. The minimum Gasteiger partial charge on any atom is -1.00 e. The summed E-state index contributed by atoms with van der Waals surface area (Å²) in [4.78, 5) is 31.9. The van der Waals surface area contributed by atoms with Crippen LogP contribution in [0, 0.1) is 0 Å². The molecule has 0 spiro atoms. The molecule has 29 heavy (non-hydrogen) atoms. The quantitative estimate of drug-likeness (QED) is 0.118. The zero-order valence-corrected chi connectivity index (χ0v) is 29.2. The smallest absolute Gasteiger partial charge is 1.00 e. The number of unbranched alkanes of at least 4 members (excludes halogenated alkanes) is 14. The van der Waals surface area contributed by atoms with Crippen molar-refractivity contribution < 1.29 is 57.2 Å². The Morgan fingerprint density at radius 1 is 0.655 bits per heavy atom. The monoisotopic (exact) mass is 572 g/mol. The first-order chi connectivity index (χ1) is 11.8. The fourth-order valence-corrected chi connectivity index (χ4v) is 2.65. The Bertz CT molecular complexity index is 364. The van der Waals surface area contributed by atoms with Crippen molar-refractivity contribution in [2.45, 2.75) is 110 Å². The summed E-state index contributed by atoms with van der Waals surface area (Å²) in [5.74, 6) is -0.653. The van der Waals surface area contributed by atoms with Crippen LogP contribution in [0.2, 0.25) is 0 Å². The minimum atomic E-state index is -4.64. The Morgan fingerprint density at radius 3 is 1.07 bits per heavy atom. The first-order valence-electron chi connectivity index (χ1n) is 9.77. The molecule has 11 heteroatoms. The van der Waals surface area contributed by atoms with Crippen LogP contribution in [-0.2, 0) is 28.8 Å². The van der Waals surface area contributed by atoms with E-state index in [0.717, 1.165) is 12.8 Å². The largest absolute Gasteiger partial charge is 2.00 e. The maximum Gasteiger partial charge on any atom is 2.00 e. The van der Waals surface area contributed by atoms with E-state index in [1.165, 1.54) is 83.5 Å². The molecule has 0 atom stereocenters. The van der Waals surface area contributed by atoms with Crippen LogP contribution in [0.15, 0.2) is 0 Å². The first-order valence-corrected chi connectivity index (χ1v) is 11.3. The first kappa shape index (κ1) is 46.3. The predicted octanol–water partition coefficient (Wildman–Crippen LogP) is 4.93. The third-order valence-corrected chi connectivity index (χ3v) is 3.99. The Hall–Kier alpha value is 3.98. The number of phosphoric acid groups is 1. The molecule has 0 radical (unpaired) electrons. The average Bonchev–Trinajstić information content (AvgIpc) is 2.49. The van der Waals surface area contributed by atoms with E-state index >= 15 is 0 Å². The summed E-state index contributed by atoms with van der Waals surface area (Å²) in [5.41, 5.74) is 0. The molecule has 0 aromatic heterocycles. The zero-order chi connectivity index (χ0) is 19.4. The van der Waals surface area contributed by atoms with E-state index in [0.29, 0.717) is 6.42 Å². The fourth-order valence-electron chi connectivity index (χ4n) is 2.65. The van der Waals surface area contributed by atoms with Gasteiger partial charge in [-0.25, -0.2) is 4.57 Å². The second-order valence-electron chi connectivity index (χ2n) is 6.61. The van der Waals surface area contributed by atoms with E-state index in [1.807, 2.05) is 0 Å². The van der Waals surface area contributed by atoms with Crippen LogP contribution in [0.4, 0.5) is 0 Å². The van der Waals surface area contributed by atoms with E-state index in [2.05, 4.69) is 6.92 Å². The van der Waals surface area contributed by atoms with Crippen molar-refractivity contribution in [1.29, 1.82) is 0 Å². The summed E-state index contributed by atoms with van der Waals surface area (Å²) in [7, 11) is -4.64. The molecule has 0 saturated carbocycles. The standard InChI is InChI=1S/C18H36O2.3Ca.H3O4P.Zn.6H/c1-2-3-4-5-6-7-8-9-10-11-12-13-14-15-16-17-18(19)20;;;;1-5(2,3)4;;;;;;;/h2-17H2,1H3,(H,19,20);;;;(H3,1,2,3,4);;;;;;;/q;3*+2;;;6*-1. The Labute approximate surface area is 289 Å². The zero-order valence-electron chi connectivity index (χ0n) is 24.7. The van der Waals surface area contributed by atoms with Crippen LogP contribution in [-0.4, -0.2) is 139 Å². The fraction of sp³-hybridized carbons (Fsp3) is 0.944. The molecule has 0 aliphatic heterocycles. The van der Waals surface area contributed by atoms with Gasteiger partial charge in [0.2, 0.25) is 0 Å². The SMILES string of the molecule is CCCCCCCCCCCCCCCCCC(=O)O.O=P(O)(O)O.[Ca+2].[Ca+2].[Ca+2].[H-].[H-].[H-].[H-].[H-].[H-].[Zn]. The van der Waals surface area contributed by atoms with Crippen LogP contribution in [0.3, 0.4) is 0 Å². The van der Waals surface area contributed by atoms with Gasteiger partial charge in [0.15, 0.2) is 0 Å². The van der Waals surface area contributed by atoms with Gasteiger partial charge >= 0.3 is 127 Å². The van der Waals surface area contributed by atoms with Crippen LogP contribution >= 0.6 is 7.82 Å². The van der Waals surface area contributed by atoms with Gasteiger partial charge in [-0.05, 0) is 6.42 Å². The minimum absolute atomic E-state index is 0. The van der Waals surface area contributed by atoms with Gasteiger partial charge in [0, 0.05) is 25.9 Å². The Balaban J connectivity index is -0.0000000322. The van der Waals surface area contributed by atoms with Gasteiger partial charge < -0.3 is 28.3 Å². The molecule has 0 heterocycles. The van der Waals surface area contributed by atoms with Gasteiger partial charge in [0.25, 0.3) is 0 Å². The summed E-state index contributed by atoms with van der Waals surface area (Å²) >= 11 is 0. The van der Waals surface area contributed by atoms with Gasteiger partial charge in [-0.3, -0.25) is 4.79 Å². The summed E-state index contributed by atoms with van der Waals surface area (Å²) in [6.07, 6.45) is 20.2. The van der Waals surface area contributed by atoms with E-state index in [4.69, 9.17) is 24.4 Å². The Kier molecular flexibility index (Phi) is 58.4. The summed E-state index contributed by atoms with van der Waals surface area (Å²) in [5, 5.41) is 8.52. The van der Waals surface area contributed by atoms with E-state index in [1.54, 1.807) is 0 Å². The molecule has 0 fully saturated rings. The van der Waals surface area contributed by atoms with Gasteiger partial charge in [0.1, 0.15) is 0 Å². The van der Waals surface area contributed by atoms with Gasteiger partial charge in [-0.1, -0.05) is 96.8 Å². The average molecular weight is 574 g/mol. The number of carboxylic acids is 1. The summed E-state index contributed by atoms with van der Waals surface area (Å²) in [6.45, 7) is 2.27. The Morgan fingerprint density at radius 2 is 0.862 bits per heavy atom. The number of rotatable bonds is 16. The van der Waals surface area contributed by atoms with E-state index in [-0.39, 0.29) is 141 Å². The predicted molar refractivity (Wildman–Crippen MR) is 125 cm³/mol. The van der Waals surface area contributed by atoms with Crippen molar-refractivity contribution in [1.82, 2.24) is 0 Å². The maximum absolute atomic E-state index is 10.3. The number of carbonyl (C=O) groups is 1. The number of hydrogen-bond donors (Lipinski definition) is 4. The number of hydrogen-bond acceptors (Lipinski definition) is 2. The van der Waals surface area contributed by atoms with E-state index in [9.17, 15) is 4.79 Å². The van der Waals surface area contributed by atoms with Crippen LogP contribution < -0.4 is 0 Å². The second-order valence-corrected chi connectivity index (χ2v) is 7.63. The number of aliphatic carboxylic acids is 1. The molecule has 0 aromatic carbocycles. The normalized spacial score (nSPS) is 9.52. The molecule has 0 bridgehead atoms. The van der Waals surface area contributed by atoms with Crippen molar-refractivity contribution in [2.75, 3.05) is 0 Å². The van der Waals surface area contributed by atoms with Crippen molar-refractivity contribution >= 4 is 127 Å². The van der Waals surface area contributed by atoms with Crippen molar-refractivity contribution in [3.05, 3.63) is 0 Å². The van der Waals surface area contributed by atoms with Crippen LogP contribution in [0.25, 0.3) is 0 Å². The topological polar surface area (TPSA) is 115 Å². The molecule has 0 aromatic rings. The molecule has 6 nitrogen and oxygen atoms in total. The number of carboxylic acid groups (broad SMARTS) is 1. The van der Waals surface area contributed by atoms with E-state index < -0.39 is 13.8 Å². The van der Waals surface area contributed by atoms with Gasteiger partial charge in [-0.2, -0.15) is 0 Å². The summed E-state index contributed by atoms with van der Waals surface area (Å²) in [6, 6.07) is 0. The molecule has 0 saturated heterocycles. The summed E-state index contributed by atoms with van der Waals surface area (Å²) < 4.78 is 8.88. The molecule has 0 unspecified atom stereocenters. The third-order valence-electron chi connectivity index (χ3n) is 3.99. The van der Waals surface area contributed by atoms with Crippen LogP contribution in [0.5, 0.6) is 0 Å². The van der Waals surface area contributed by atoms with Gasteiger partial charge in [0.05, 0.1) is 0 Å². The molecule has 0 amide bonds. The van der Waals surface area contributed by atoms with Crippen molar-refractivity contribution in [2.24, 2.45) is 0 Å². The molecule has 166 valence electrons. The molecular weight excluding hydrogens is 529 g/mol.